The Hall–Kier alpha value is 0.400. The third-order valence-corrected chi connectivity index (χ3v) is 6.78. The summed E-state index contributed by atoms with van der Waals surface area (Å²) in [5.74, 6) is 0. The van der Waals surface area contributed by atoms with Crippen LogP contribution in [0, 0.1) is 0 Å². The van der Waals surface area contributed by atoms with Crippen LogP contribution in [0.2, 0.25) is 0 Å². The number of hydrogen-bond acceptors (Lipinski definition) is 3. The van der Waals surface area contributed by atoms with Gasteiger partial charge >= 0.3 is 0 Å². The predicted octanol–water partition coefficient (Wildman–Crippen LogP) is 2.79. The van der Waals surface area contributed by atoms with Crippen molar-refractivity contribution in [2.24, 2.45) is 0 Å². The van der Waals surface area contributed by atoms with Crippen molar-refractivity contribution in [2.75, 3.05) is 0 Å². The van der Waals surface area contributed by atoms with E-state index in [1.807, 2.05) is 6.08 Å². The Bertz CT molecular complexity index is 291. The van der Waals surface area contributed by atoms with E-state index in [2.05, 4.69) is 24.8 Å². The Labute approximate surface area is 93.7 Å². The molecular weight excluding hydrogens is 212 g/mol. The van der Waals surface area contributed by atoms with Gasteiger partial charge in [-0.2, -0.15) is 0 Å². The van der Waals surface area contributed by atoms with Crippen LogP contribution in [-0.4, -0.2) is 25.3 Å². The summed E-state index contributed by atoms with van der Waals surface area (Å²) in [6.07, 6.45) is 9.65. The lowest BCUT2D eigenvalue weighted by Gasteiger charge is -2.15. The molecule has 14 heavy (non-hydrogen) atoms. The molecule has 2 fully saturated rings. The normalized spacial score (nSPS) is 52.4. The van der Waals surface area contributed by atoms with Crippen molar-refractivity contribution < 1.29 is 5.11 Å². The van der Waals surface area contributed by atoms with Crippen molar-refractivity contribution in [3.05, 3.63) is 12.2 Å². The van der Waals surface area contributed by atoms with Crippen molar-refractivity contribution in [1.29, 1.82) is 0 Å². The minimum Gasteiger partial charge on any atom is -0.375 e. The van der Waals surface area contributed by atoms with E-state index in [0.29, 0.717) is 10.00 Å². The lowest BCUT2D eigenvalue weighted by Crippen LogP contribution is -2.26. The smallest absolute Gasteiger partial charge is 0.142 e. The first-order valence-electron chi connectivity index (χ1n) is 5.49. The summed E-state index contributed by atoms with van der Waals surface area (Å²) in [7, 11) is 0. The first-order valence-corrected chi connectivity index (χ1v) is 7.24. The minimum atomic E-state index is -0.456. The molecule has 0 amide bonds. The molecule has 4 atom stereocenters. The fourth-order valence-electron chi connectivity index (χ4n) is 2.43. The molecule has 0 saturated carbocycles. The van der Waals surface area contributed by atoms with E-state index < -0.39 is 4.93 Å². The van der Waals surface area contributed by atoms with Gasteiger partial charge in [-0.25, -0.2) is 0 Å². The van der Waals surface area contributed by atoms with E-state index in [1.165, 1.54) is 25.7 Å². The summed E-state index contributed by atoms with van der Waals surface area (Å²) < 4.78 is 0.440. The fraction of sp³-hybridized carbons (Fsp3) is 0.818. The highest BCUT2D eigenvalue weighted by molar-refractivity contribution is 8.14. The largest absolute Gasteiger partial charge is 0.375 e. The molecule has 3 heteroatoms. The highest BCUT2D eigenvalue weighted by Crippen LogP contribution is 2.73. The monoisotopic (exact) mass is 228 g/mol. The molecule has 1 N–H and O–H groups in total. The van der Waals surface area contributed by atoms with Crippen LogP contribution in [0.5, 0.6) is 0 Å². The van der Waals surface area contributed by atoms with Crippen molar-refractivity contribution >= 4 is 23.5 Å². The van der Waals surface area contributed by atoms with E-state index in [1.54, 1.807) is 11.8 Å². The Kier molecular flexibility index (Phi) is 2.03. The number of thioether (sulfide) groups is 2. The number of rotatable bonds is 4. The first-order chi connectivity index (χ1) is 6.70. The maximum absolute atomic E-state index is 9.89. The van der Waals surface area contributed by atoms with Gasteiger partial charge in [0.1, 0.15) is 4.93 Å². The maximum atomic E-state index is 9.89. The molecule has 3 aliphatic rings. The van der Waals surface area contributed by atoms with Crippen LogP contribution in [-0.2, 0) is 0 Å². The zero-order valence-corrected chi connectivity index (χ0v) is 10.0. The molecule has 0 aromatic heterocycles. The van der Waals surface area contributed by atoms with E-state index in [4.69, 9.17) is 0 Å². The molecule has 1 nitrogen and oxygen atoms in total. The average molecular weight is 228 g/mol. The topological polar surface area (TPSA) is 20.2 Å². The molecule has 2 aliphatic heterocycles. The van der Waals surface area contributed by atoms with Gasteiger partial charge in [-0.15, -0.1) is 23.5 Å². The van der Waals surface area contributed by atoms with Gasteiger partial charge in [0, 0.05) is 10.00 Å². The molecule has 0 spiro atoms. The van der Waals surface area contributed by atoms with E-state index in [9.17, 15) is 5.11 Å². The first kappa shape index (κ1) is 9.61. The lowest BCUT2D eigenvalue weighted by molar-refractivity contribution is 0.214. The van der Waals surface area contributed by atoms with Crippen molar-refractivity contribution in [1.82, 2.24) is 0 Å². The average Bonchev–Trinajstić information content (AvgIpc) is 2.99. The summed E-state index contributed by atoms with van der Waals surface area (Å²) in [6, 6.07) is 0. The Morgan fingerprint density at radius 3 is 2.86 bits per heavy atom. The van der Waals surface area contributed by atoms with Gasteiger partial charge in [0.15, 0.2) is 0 Å². The van der Waals surface area contributed by atoms with Crippen LogP contribution in [0.4, 0.5) is 0 Å². The maximum Gasteiger partial charge on any atom is 0.142 e. The van der Waals surface area contributed by atoms with Crippen LogP contribution in [0.15, 0.2) is 12.2 Å². The van der Waals surface area contributed by atoms with Gasteiger partial charge in [-0.3, -0.25) is 0 Å². The summed E-state index contributed by atoms with van der Waals surface area (Å²) in [5.41, 5.74) is 0. The molecule has 2 saturated heterocycles. The van der Waals surface area contributed by atoms with E-state index >= 15 is 0 Å². The third kappa shape index (κ3) is 1.29. The second kappa shape index (κ2) is 2.96. The molecule has 1 aliphatic carbocycles. The Morgan fingerprint density at radius 1 is 1.21 bits per heavy atom. The van der Waals surface area contributed by atoms with Crippen LogP contribution in [0.1, 0.15) is 32.6 Å². The molecule has 0 radical (unpaired) electrons. The van der Waals surface area contributed by atoms with Crippen molar-refractivity contribution in [3.8, 4) is 0 Å². The zero-order chi connectivity index (χ0) is 9.81. The second-order valence-electron chi connectivity index (χ2n) is 4.57. The van der Waals surface area contributed by atoms with Crippen molar-refractivity contribution in [2.45, 2.75) is 52.8 Å². The predicted molar refractivity (Wildman–Crippen MR) is 63.7 cm³/mol. The summed E-state index contributed by atoms with van der Waals surface area (Å²) >= 11 is 3.81. The summed E-state index contributed by atoms with van der Waals surface area (Å²) in [4.78, 5) is -0.456. The van der Waals surface area contributed by atoms with E-state index in [0.717, 1.165) is 5.25 Å². The molecule has 0 bridgehead atoms. The summed E-state index contributed by atoms with van der Waals surface area (Å²) in [5, 5.41) is 11.1. The summed E-state index contributed by atoms with van der Waals surface area (Å²) in [6.45, 7) is 2.25. The standard InChI is InChI=1S/C11H16OS2/c1-2-3-4-5-10-6-7-11(12)9(14-11)8(10)13-10/h6-9,12H,2-5H2,1H3. The third-order valence-electron chi connectivity index (χ3n) is 3.49. The number of aliphatic hydroxyl groups is 1. The van der Waals surface area contributed by atoms with Gasteiger partial charge in [-0.1, -0.05) is 32.3 Å². The molecule has 3 rings (SSSR count). The Balaban J connectivity index is 1.63. The SMILES string of the molecule is CCCCCC12C=CC3(O)SC3C1S2. The molecular formula is C11H16OS2. The van der Waals surface area contributed by atoms with Crippen molar-refractivity contribution in [3.63, 3.8) is 0 Å². The number of hydrogen-bond donors (Lipinski definition) is 1. The van der Waals surface area contributed by atoms with Gasteiger partial charge < -0.3 is 5.11 Å². The van der Waals surface area contributed by atoms with Crippen LogP contribution in [0.3, 0.4) is 0 Å². The van der Waals surface area contributed by atoms with Gasteiger partial charge in [0.2, 0.25) is 0 Å². The molecule has 0 aromatic carbocycles. The minimum absolute atomic E-state index is 0.440. The van der Waals surface area contributed by atoms with Gasteiger partial charge in [-0.05, 0) is 12.5 Å². The highest BCUT2D eigenvalue weighted by Gasteiger charge is 2.72. The second-order valence-corrected chi connectivity index (χ2v) is 7.48. The van der Waals surface area contributed by atoms with E-state index in [-0.39, 0.29) is 0 Å². The quantitative estimate of drug-likeness (QED) is 0.454. The molecule has 78 valence electrons. The highest BCUT2D eigenvalue weighted by atomic mass is 32.2. The molecule has 0 aromatic rings. The molecule has 2 heterocycles. The van der Waals surface area contributed by atoms with Crippen LogP contribution in [0.25, 0.3) is 0 Å². The van der Waals surface area contributed by atoms with Crippen LogP contribution >= 0.6 is 23.5 Å². The van der Waals surface area contributed by atoms with Gasteiger partial charge in [0.05, 0.1) is 5.25 Å². The molecule has 4 unspecified atom stereocenters. The number of fused-ring (bicyclic) bond motifs is 3. The number of unbranched alkanes of at least 4 members (excludes halogenated alkanes) is 2. The zero-order valence-electron chi connectivity index (χ0n) is 8.40. The fourth-order valence-corrected chi connectivity index (χ4v) is 5.48. The van der Waals surface area contributed by atoms with Gasteiger partial charge in [0.25, 0.3) is 0 Å². The Morgan fingerprint density at radius 2 is 2.07 bits per heavy atom. The van der Waals surface area contributed by atoms with Crippen LogP contribution < -0.4 is 0 Å². The lowest BCUT2D eigenvalue weighted by atomic mass is 9.90.